The number of hydrogen-bond donors (Lipinski definition) is 1. The van der Waals surface area contributed by atoms with Crippen molar-refractivity contribution in [1.29, 1.82) is 0 Å². The molecule has 0 spiro atoms. The highest BCUT2D eigenvalue weighted by Crippen LogP contribution is 2.21. The van der Waals surface area contributed by atoms with Gasteiger partial charge in [0.05, 0.1) is 5.56 Å². The van der Waals surface area contributed by atoms with Gasteiger partial charge >= 0.3 is 0 Å². The lowest BCUT2D eigenvalue weighted by atomic mass is 10.1. The van der Waals surface area contributed by atoms with Crippen molar-refractivity contribution in [2.45, 2.75) is 46.1 Å². The standard InChI is InChI=1S/C15H23ClN2O/c1-4-5-6-9-18(11(2)3)15(19)13-10-12(16)7-8-14(13)17/h7-8,10-11H,4-6,9,17H2,1-3H3. The molecular weight excluding hydrogens is 260 g/mol. The first-order valence-electron chi connectivity index (χ1n) is 6.83. The minimum atomic E-state index is -0.0360. The molecule has 0 aliphatic carbocycles. The topological polar surface area (TPSA) is 46.3 Å². The Morgan fingerprint density at radius 2 is 2.05 bits per heavy atom. The summed E-state index contributed by atoms with van der Waals surface area (Å²) in [5, 5.41) is 0.537. The molecule has 0 radical (unpaired) electrons. The molecular formula is C15H23ClN2O. The minimum absolute atomic E-state index is 0.0360. The fourth-order valence-electron chi connectivity index (χ4n) is 1.99. The summed E-state index contributed by atoms with van der Waals surface area (Å²) >= 11 is 5.95. The fourth-order valence-corrected chi connectivity index (χ4v) is 2.17. The van der Waals surface area contributed by atoms with Crippen LogP contribution in [-0.2, 0) is 0 Å². The zero-order valence-electron chi connectivity index (χ0n) is 11.9. The van der Waals surface area contributed by atoms with E-state index in [0.29, 0.717) is 16.3 Å². The second kappa shape index (κ2) is 7.39. The molecule has 0 saturated carbocycles. The molecule has 0 unspecified atom stereocenters. The van der Waals surface area contributed by atoms with Crippen molar-refractivity contribution in [3.05, 3.63) is 28.8 Å². The maximum Gasteiger partial charge on any atom is 0.256 e. The lowest BCUT2D eigenvalue weighted by molar-refractivity contribution is 0.0703. The van der Waals surface area contributed by atoms with E-state index in [1.54, 1.807) is 18.2 Å². The molecule has 3 nitrogen and oxygen atoms in total. The second-order valence-electron chi connectivity index (χ2n) is 5.03. The van der Waals surface area contributed by atoms with Crippen molar-refractivity contribution in [2.75, 3.05) is 12.3 Å². The van der Waals surface area contributed by atoms with Gasteiger partial charge in [-0.05, 0) is 38.5 Å². The summed E-state index contributed by atoms with van der Waals surface area (Å²) in [6, 6.07) is 5.18. The van der Waals surface area contributed by atoms with Gasteiger partial charge in [0.25, 0.3) is 5.91 Å². The van der Waals surface area contributed by atoms with E-state index in [1.807, 2.05) is 18.7 Å². The number of carbonyl (C=O) groups excluding carboxylic acids is 1. The van der Waals surface area contributed by atoms with Crippen molar-refractivity contribution in [3.63, 3.8) is 0 Å². The average Bonchev–Trinajstić information content (AvgIpc) is 2.36. The molecule has 0 heterocycles. The van der Waals surface area contributed by atoms with Gasteiger partial charge in [-0.1, -0.05) is 31.4 Å². The summed E-state index contributed by atoms with van der Waals surface area (Å²) in [6.07, 6.45) is 3.28. The van der Waals surface area contributed by atoms with Crippen LogP contribution in [-0.4, -0.2) is 23.4 Å². The minimum Gasteiger partial charge on any atom is -0.398 e. The van der Waals surface area contributed by atoms with Gasteiger partial charge in [-0.15, -0.1) is 0 Å². The van der Waals surface area contributed by atoms with Gasteiger partial charge in [0.15, 0.2) is 0 Å². The number of nitrogens with two attached hydrogens (primary N) is 1. The number of carbonyl (C=O) groups is 1. The number of hydrogen-bond acceptors (Lipinski definition) is 2. The van der Waals surface area contributed by atoms with Crippen LogP contribution >= 0.6 is 11.6 Å². The normalized spacial score (nSPS) is 10.8. The maximum atomic E-state index is 12.5. The molecule has 106 valence electrons. The Labute approximate surface area is 120 Å². The van der Waals surface area contributed by atoms with Crippen LogP contribution in [0.25, 0.3) is 0 Å². The van der Waals surface area contributed by atoms with E-state index in [-0.39, 0.29) is 11.9 Å². The van der Waals surface area contributed by atoms with Crippen molar-refractivity contribution in [3.8, 4) is 0 Å². The molecule has 0 aliphatic heterocycles. The van der Waals surface area contributed by atoms with Crippen LogP contribution in [0.3, 0.4) is 0 Å². The highest BCUT2D eigenvalue weighted by Gasteiger charge is 2.20. The SMILES string of the molecule is CCCCCN(C(=O)c1cc(Cl)ccc1N)C(C)C. The van der Waals surface area contributed by atoms with Gasteiger partial charge in [0.2, 0.25) is 0 Å². The highest BCUT2D eigenvalue weighted by atomic mass is 35.5. The van der Waals surface area contributed by atoms with Crippen LogP contribution in [0.5, 0.6) is 0 Å². The van der Waals surface area contributed by atoms with Gasteiger partial charge in [0, 0.05) is 23.3 Å². The summed E-state index contributed by atoms with van der Waals surface area (Å²) in [7, 11) is 0. The fraction of sp³-hybridized carbons (Fsp3) is 0.533. The third-order valence-electron chi connectivity index (χ3n) is 3.13. The Balaban J connectivity index is 2.89. The van der Waals surface area contributed by atoms with E-state index in [0.717, 1.165) is 25.8 Å². The van der Waals surface area contributed by atoms with Gasteiger partial charge in [-0.25, -0.2) is 0 Å². The molecule has 0 saturated heterocycles. The molecule has 0 bridgehead atoms. The molecule has 1 aromatic rings. The number of amides is 1. The van der Waals surface area contributed by atoms with Crippen LogP contribution in [0, 0.1) is 0 Å². The van der Waals surface area contributed by atoms with Crippen molar-refractivity contribution in [2.24, 2.45) is 0 Å². The number of nitrogen functional groups attached to an aromatic ring is 1. The number of nitrogens with zero attached hydrogens (tertiary/aromatic N) is 1. The molecule has 1 amide bonds. The summed E-state index contributed by atoms with van der Waals surface area (Å²) < 4.78 is 0. The van der Waals surface area contributed by atoms with Gasteiger partial charge in [0.1, 0.15) is 0 Å². The van der Waals surface area contributed by atoms with E-state index in [9.17, 15) is 4.79 Å². The maximum absolute atomic E-state index is 12.5. The van der Waals surface area contributed by atoms with Crippen molar-refractivity contribution < 1.29 is 4.79 Å². The Morgan fingerprint density at radius 1 is 1.37 bits per heavy atom. The predicted octanol–water partition coefficient (Wildman–Crippen LogP) is 3.96. The third kappa shape index (κ3) is 4.43. The van der Waals surface area contributed by atoms with Gasteiger partial charge in [-0.2, -0.15) is 0 Å². The van der Waals surface area contributed by atoms with Gasteiger partial charge in [-0.3, -0.25) is 4.79 Å². The monoisotopic (exact) mass is 282 g/mol. The number of anilines is 1. The number of benzene rings is 1. The molecule has 0 atom stereocenters. The quantitative estimate of drug-likeness (QED) is 0.634. The lowest BCUT2D eigenvalue weighted by Crippen LogP contribution is -2.38. The van der Waals surface area contributed by atoms with E-state index >= 15 is 0 Å². The van der Waals surface area contributed by atoms with E-state index in [2.05, 4.69) is 6.92 Å². The summed E-state index contributed by atoms with van der Waals surface area (Å²) in [4.78, 5) is 14.4. The molecule has 1 rings (SSSR count). The summed E-state index contributed by atoms with van der Waals surface area (Å²) in [5.74, 6) is -0.0360. The number of unbranched alkanes of at least 4 members (excludes halogenated alkanes) is 2. The summed E-state index contributed by atoms with van der Waals surface area (Å²) in [6.45, 7) is 6.95. The number of rotatable bonds is 6. The van der Waals surface area contributed by atoms with Crippen LogP contribution in [0.4, 0.5) is 5.69 Å². The zero-order chi connectivity index (χ0) is 14.4. The molecule has 19 heavy (non-hydrogen) atoms. The lowest BCUT2D eigenvalue weighted by Gasteiger charge is -2.27. The predicted molar refractivity (Wildman–Crippen MR) is 81.6 cm³/mol. The molecule has 1 aromatic carbocycles. The Kier molecular flexibility index (Phi) is 6.16. The van der Waals surface area contributed by atoms with E-state index in [1.165, 1.54) is 0 Å². The molecule has 0 aliphatic rings. The van der Waals surface area contributed by atoms with Crippen molar-refractivity contribution >= 4 is 23.2 Å². The first kappa shape index (κ1) is 15.8. The Bertz CT molecular complexity index is 432. The average molecular weight is 283 g/mol. The van der Waals surface area contributed by atoms with Crippen LogP contribution in [0.15, 0.2) is 18.2 Å². The van der Waals surface area contributed by atoms with Crippen molar-refractivity contribution in [1.82, 2.24) is 4.90 Å². The molecule has 0 aromatic heterocycles. The van der Waals surface area contributed by atoms with Crippen LogP contribution in [0.1, 0.15) is 50.4 Å². The highest BCUT2D eigenvalue weighted by molar-refractivity contribution is 6.31. The third-order valence-corrected chi connectivity index (χ3v) is 3.37. The first-order chi connectivity index (χ1) is 8.97. The Morgan fingerprint density at radius 3 is 2.63 bits per heavy atom. The van der Waals surface area contributed by atoms with E-state index in [4.69, 9.17) is 17.3 Å². The largest absolute Gasteiger partial charge is 0.398 e. The Hall–Kier alpha value is -1.22. The van der Waals surface area contributed by atoms with Crippen LogP contribution < -0.4 is 5.73 Å². The van der Waals surface area contributed by atoms with E-state index < -0.39 is 0 Å². The number of halogens is 1. The second-order valence-corrected chi connectivity index (χ2v) is 5.47. The van der Waals surface area contributed by atoms with Gasteiger partial charge < -0.3 is 10.6 Å². The van der Waals surface area contributed by atoms with Crippen LogP contribution in [0.2, 0.25) is 5.02 Å². The zero-order valence-corrected chi connectivity index (χ0v) is 12.7. The smallest absolute Gasteiger partial charge is 0.256 e. The molecule has 2 N–H and O–H groups in total. The first-order valence-corrected chi connectivity index (χ1v) is 7.21. The molecule has 0 fully saturated rings. The molecule has 4 heteroatoms. The summed E-state index contributed by atoms with van der Waals surface area (Å²) in [5.41, 5.74) is 6.86.